The summed E-state index contributed by atoms with van der Waals surface area (Å²) < 4.78 is 42.1. The molecule has 0 fully saturated rings. The van der Waals surface area contributed by atoms with E-state index in [4.69, 9.17) is 9.47 Å². The molecule has 31 heavy (non-hydrogen) atoms. The van der Waals surface area contributed by atoms with Gasteiger partial charge in [0.05, 0.1) is 25.0 Å². The fraction of sp³-hybridized carbons (Fsp3) is 0.348. The van der Waals surface area contributed by atoms with Crippen molar-refractivity contribution in [2.45, 2.75) is 51.6 Å². The second-order valence-electron chi connectivity index (χ2n) is 7.31. The number of imidazole rings is 1. The molecule has 0 aliphatic rings. The van der Waals surface area contributed by atoms with Crippen LogP contribution in [0.25, 0.3) is 0 Å². The second kappa shape index (κ2) is 9.53. The topological polar surface area (TPSA) is 82.5 Å². The first-order valence-corrected chi connectivity index (χ1v) is 11.8. The second-order valence-corrected chi connectivity index (χ2v) is 8.99. The molecule has 1 heterocycles. The molecule has 0 amide bonds. The van der Waals surface area contributed by atoms with Gasteiger partial charge in [0.15, 0.2) is 0 Å². The molecule has 1 aromatic heterocycles. The highest BCUT2D eigenvalue weighted by atomic mass is 32.2. The number of sulfonamides is 1. The molecule has 0 saturated heterocycles. The van der Waals surface area contributed by atoms with Gasteiger partial charge >= 0.3 is 6.01 Å². The Morgan fingerprint density at radius 3 is 2.45 bits per heavy atom. The van der Waals surface area contributed by atoms with Gasteiger partial charge in [0.1, 0.15) is 16.4 Å². The monoisotopic (exact) mass is 443 g/mol. The maximum absolute atomic E-state index is 13.1. The molecule has 0 spiro atoms. The van der Waals surface area contributed by atoms with Gasteiger partial charge in [0.2, 0.25) is 10.0 Å². The fourth-order valence-electron chi connectivity index (χ4n) is 3.34. The minimum absolute atomic E-state index is 0.125. The van der Waals surface area contributed by atoms with Gasteiger partial charge in [-0.05, 0) is 57.0 Å². The minimum atomic E-state index is -3.82. The van der Waals surface area contributed by atoms with Crippen LogP contribution in [-0.2, 0) is 23.0 Å². The predicted molar refractivity (Wildman–Crippen MR) is 120 cm³/mol. The molecular weight excluding hydrogens is 414 g/mol. The third kappa shape index (κ3) is 5.08. The van der Waals surface area contributed by atoms with Crippen molar-refractivity contribution in [3.05, 3.63) is 65.5 Å². The van der Waals surface area contributed by atoms with E-state index in [1.807, 2.05) is 55.7 Å². The molecule has 3 rings (SSSR count). The van der Waals surface area contributed by atoms with E-state index in [1.165, 1.54) is 7.11 Å². The summed E-state index contributed by atoms with van der Waals surface area (Å²) in [6.07, 6.45) is 2.37. The molecular formula is C23H29N3O4S. The first-order valence-electron chi connectivity index (χ1n) is 10.3. The zero-order chi connectivity index (χ0) is 22.6. The maximum Gasteiger partial charge on any atom is 0.302 e. The Kier molecular flexibility index (Phi) is 7.02. The van der Waals surface area contributed by atoms with Crippen LogP contribution in [0.2, 0.25) is 0 Å². The minimum Gasteiger partial charge on any atom is -0.495 e. The lowest BCUT2D eigenvalue weighted by Gasteiger charge is -2.18. The van der Waals surface area contributed by atoms with Crippen LogP contribution >= 0.6 is 0 Å². The van der Waals surface area contributed by atoms with E-state index < -0.39 is 16.1 Å². The molecule has 8 heteroatoms. The van der Waals surface area contributed by atoms with Gasteiger partial charge in [0, 0.05) is 6.54 Å². The highest BCUT2D eigenvalue weighted by Gasteiger charge is 2.25. The zero-order valence-corrected chi connectivity index (χ0v) is 19.4. The smallest absolute Gasteiger partial charge is 0.302 e. The molecule has 0 aliphatic carbocycles. The molecule has 166 valence electrons. The summed E-state index contributed by atoms with van der Waals surface area (Å²) in [5.41, 5.74) is 2.76. The van der Waals surface area contributed by atoms with Crippen LogP contribution in [0, 0.1) is 6.92 Å². The quantitative estimate of drug-likeness (QED) is 0.522. The van der Waals surface area contributed by atoms with Crippen LogP contribution in [0.4, 0.5) is 0 Å². The van der Waals surface area contributed by atoms with Crippen LogP contribution in [0.5, 0.6) is 17.5 Å². The van der Waals surface area contributed by atoms with E-state index in [0.29, 0.717) is 29.7 Å². The summed E-state index contributed by atoms with van der Waals surface area (Å²) in [6.45, 7) is 8.31. The van der Waals surface area contributed by atoms with Gasteiger partial charge in [-0.2, -0.15) is 0 Å². The summed E-state index contributed by atoms with van der Waals surface area (Å²) in [7, 11) is -2.36. The number of aryl methyl sites for hydroxylation is 2. The molecule has 0 aliphatic heterocycles. The van der Waals surface area contributed by atoms with Crippen LogP contribution in [0.3, 0.4) is 0 Å². The molecule has 1 unspecified atom stereocenters. The van der Waals surface area contributed by atoms with Gasteiger partial charge in [-0.15, -0.1) is 0 Å². The Labute approximate surface area is 184 Å². The van der Waals surface area contributed by atoms with E-state index in [2.05, 4.69) is 9.71 Å². The number of nitrogens with one attached hydrogen (secondary N) is 1. The standard InChI is InChI=1S/C23H29N3O4S/c1-6-18-10-13-21(29-5)22(14-18)31(27,28)25-17(4)20-15-24-23(26(20)7-2)30-19-11-8-16(3)9-12-19/h8-15,17,25H,6-7H2,1-5H3. The third-order valence-corrected chi connectivity index (χ3v) is 6.66. The number of hydrogen-bond donors (Lipinski definition) is 1. The maximum atomic E-state index is 13.1. The average Bonchev–Trinajstić information content (AvgIpc) is 3.17. The van der Waals surface area contributed by atoms with E-state index in [1.54, 1.807) is 25.3 Å². The van der Waals surface area contributed by atoms with Crippen LogP contribution < -0.4 is 14.2 Å². The van der Waals surface area contributed by atoms with Crippen molar-refractivity contribution < 1.29 is 17.9 Å². The van der Waals surface area contributed by atoms with Crippen molar-refractivity contribution in [1.82, 2.24) is 14.3 Å². The number of aromatic nitrogens is 2. The van der Waals surface area contributed by atoms with E-state index >= 15 is 0 Å². The summed E-state index contributed by atoms with van der Waals surface area (Å²) in [4.78, 5) is 4.50. The van der Waals surface area contributed by atoms with Gasteiger partial charge in [-0.1, -0.05) is 30.7 Å². The number of ether oxygens (including phenoxy) is 2. The summed E-state index contributed by atoms with van der Waals surface area (Å²) in [5, 5.41) is 0. The van der Waals surface area contributed by atoms with Crippen molar-refractivity contribution in [3.63, 3.8) is 0 Å². The number of benzene rings is 2. The van der Waals surface area contributed by atoms with Gasteiger partial charge in [-0.25, -0.2) is 18.1 Å². The SMILES string of the molecule is CCc1ccc(OC)c(S(=O)(=O)NC(C)c2cnc(Oc3ccc(C)cc3)n2CC)c1. The molecule has 0 radical (unpaired) electrons. The lowest BCUT2D eigenvalue weighted by Crippen LogP contribution is -2.28. The van der Waals surface area contributed by atoms with Crippen molar-refractivity contribution in [1.29, 1.82) is 0 Å². The molecule has 3 aromatic rings. The molecule has 0 bridgehead atoms. The Morgan fingerprint density at radius 1 is 1.13 bits per heavy atom. The lowest BCUT2D eigenvalue weighted by atomic mass is 10.2. The average molecular weight is 444 g/mol. The summed E-state index contributed by atoms with van der Waals surface area (Å²) in [5.74, 6) is 0.982. The lowest BCUT2D eigenvalue weighted by molar-refractivity contribution is 0.401. The molecule has 1 atom stereocenters. The van der Waals surface area contributed by atoms with E-state index in [-0.39, 0.29) is 4.90 Å². The van der Waals surface area contributed by atoms with E-state index in [0.717, 1.165) is 17.5 Å². The Bertz CT molecular complexity index is 1140. The largest absolute Gasteiger partial charge is 0.495 e. The summed E-state index contributed by atoms with van der Waals surface area (Å²) in [6, 6.07) is 12.8. The van der Waals surface area contributed by atoms with Gasteiger partial charge in [0.25, 0.3) is 0 Å². The van der Waals surface area contributed by atoms with Crippen molar-refractivity contribution in [2.75, 3.05) is 7.11 Å². The summed E-state index contributed by atoms with van der Waals surface area (Å²) >= 11 is 0. The molecule has 2 aromatic carbocycles. The zero-order valence-electron chi connectivity index (χ0n) is 18.5. The normalized spacial score (nSPS) is 12.5. The van der Waals surface area contributed by atoms with Crippen molar-refractivity contribution >= 4 is 10.0 Å². The highest BCUT2D eigenvalue weighted by molar-refractivity contribution is 7.89. The molecule has 7 nitrogen and oxygen atoms in total. The first kappa shape index (κ1) is 22.8. The van der Waals surface area contributed by atoms with E-state index in [9.17, 15) is 8.42 Å². The Balaban J connectivity index is 1.87. The van der Waals surface area contributed by atoms with Crippen molar-refractivity contribution in [2.24, 2.45) is 0 Å². The molecule has 1 N–H and O–H groups in total. The number of methoxy groups -OCH3 is 1. The van der Waals surface area contributed by atoms with Crippen LogP contribution in [0.15, 0.2) is 53.6 Å². The first-order chi connectivity index (χ1) is 14.8. The fourth-order valence-corrected chi connectivity index (χ4v) is 4.77. The number of nitrogens with zero attached hydrogens (tertiary/aromatic N) is 2. The van der Waals surface area contributed by atoms with Gasteiger partial charge < -0.3 is 9.47 Å². The van der Waals surface area contributed by atoms with Gasteiger partial charge in [-0.3, -0.25) is 4.57 Å². The Morgan fingerprint density at radius 2 is 1.84 bits per heavy atom. The molecule has 0 saturated carbocycles. The van der Waals surface area contributed by atoms with Crippen LogP contribution in [-0.4, -0.2) is 25.1 Å². The van der Waals surface area contributed by atoms with Crippen LogP contribution in [0.1, 0.15) is 43.6 Å². The van der Waals surface area contributed by atoms with Crippen molar-refractivity contribution in [3.8, 4) is 17.5 Å². The number of rotatable bonds is 9. The third-order valence-electron chi connectivity index (χ3n) is 5.10. The number of hydrogen-bond acceptors (Lipinski definition) is 5. The Hall–Kier alpha value is -2.84. The highest BCUT2D eigenvalue weighted by Crippen LogP contribution is 2.29. The predicted octanol–water partition coefficient (Wildman–Crippen LogP) is 4.61.